The summed E-state index contributed by atoms with van der Waals surface area (Å²) in [7, 11) is 0. The van der Waals surface area contributed by atoms with Crippen molar-refractivity contribution in [2.75, 3.05) is 6.54 Å². The molecular formula is C16H20BrNO. The summed E-state index contributed by atoms with van der Waals surface area (Å²) in [4.78, 5) is 0. The van der Waals surface area contributed by atoms with Crippen LogP contribution >= 0.6 is 15.9 Å². The molecule has 0 saturated carbocycles. The van der Waals surface area contributed by atoms with Gasteiger partial charge in [-0.15, -0.1) is 0 Å². The van der Waals surface area contributed by atoms with E-state index in [0.29, 0.717) is 0 Å². The fourth-order valence-electron chi connectivity index (χ4n) is 2.47. The Morgan fingerprint density at radius 3 is 2.42 bits per heavy atom. The monoisotopic (exact) mass is 321 g/mol. The van der Waals surface area contributed by atoms with Crippen LogP contribution in [0.4, 0.5) is 0 Å². The molecular weight excluding hydrogens is 302 g/mol. The average Bonchev–Trinajstić information content (AvgIpc) is 2.79. The molecule has 102 valence electrons. The Morgan fingerprint density at radius 2 is 1.89 bits per heavy atom. The van der Waals surface area contributed by atoms with Crippen molar-refractivity contribution in [1.82, 2.24) is 5.32 Å². The maximum absolute atomic E-state index is 5.37. The number of halogens is 1. The van der Waals surface area contributed by atoms with Gasteiger partial charge >= 0.3 is 0 Å². The highest BCUT2D eigenvalue weighted by molar-refractivity contribution is 9.10. The molecule has 3 heteroatoms. The van der Waals surface area contributed by atoms with Gasteiger partial charge < -0.3 is 9.73 Å². The van der Waals surface area contributed by atoms with Gasteiger partial charge in [0.1, 0.15) is 0 Å². The number of hydrogen-bond acceptors (Lipinski definition) is 2. The van der Waals surface area contributed by atoms with Crippen LogP contribution in [0.3, 0.4) is 0 Å². The van der Waals surface area contributed by atoms with Crippen molar-refractivity contribution in [2.45, 2.75) is 33.2 Å². The Bertz CT molecular complexity index is 527. The normalized spacial score (nSPS) is 12.6. The molecule has 0 amide bonds. The third-order valence-corrected chi connectivity index (χ3v) is 4.17. The van der Waals surface area contributed by atoms with E-state index in [1.165, 1.54) is 22.3 Å². The Kier molecular flexibility index (Phi) is 4.83. The summed E-state index contributed by atoms with van der Waals surface area (Å²) in [6.07, 6.45) is 2.71. The van der Waals surface area contributed by atoms with Gasteiger partial charge in [0.05, 0.1) is 6.26 Å². The predicted molar refractivity (Wildman–Crippen MR) is 82.4 cm³/mol. The molecule has 1 aromatic heterocycles. The van der Waals surface area contributed by atoms with Crippen molar-refractivity contribution in [3.8, 4) is 0 Å². The van der Waals surface area contributed by atoms with E-state index >= 15 is 0 Å². The molecule has 1 N–H and O–H groups in total. The number of benzene rings is 1. The summed E-state index contributed by atoms with van der Waals surface area (Å²) < 4.78 is 6.19. The lowest BCUT2D eigenvalue weighted by atomic mass is 9.94. The fraction of sp³-hybridized carbons (Fsp3) is 0.375. The second-order valence-corrected chi connectivity index (χ2v) is 5.55. The van der Waals surface area contributed by atoms with Gasteiger partial charge in [-0.25, -0.2) is 0 Å². The molecule has 1 unspecified atom stereocenters. The summed E-state index contributed by atoms with van der Waals surface area (Å²) in [5.74, 6) is 0. The third kappa shape index (κ3) is 3.28. The second kappa shape index (κ2) is 6.40. The Balaban J connectivity index is 2.29. The molecule has 0 bridgehead atoms. The van der Waals surface area contributed by atoms with Crippen LogP contribution in [0.25, 0.3) is 0 Å². The zero-order chi connectivity index (χ0) is 13.8. The van der Waals surface area contributed by atoms with Crippen LogP contribution in [-0.4, -0.2) is 6.54 Å². The molecule has 0 aliphatic heterocycles. The average molecular weight is 322 g/mol. The zero-order valence-electron chi connectivity index (χ0n) is 11.7. The molecule has 0 spiro atoms. The third-order valence-electron chi connectivity index (χ3n) is 3.52. The Labute approximate surface area is 123 Å². The molecule has 1 aromatic carbocycles. The van der Waals surface area contributed by atoms with Crippen molar-refractivity contribution < 1.29 is 4.42 Å². The highest BCUT2D eigenvalue weighted by Gasteiger charge is 2.18. The SMILES string of the molecule is CCNC(Cc1c(C)cccc1C)c1ccoc1Br. The van der Waals surface area contributed by atoms with Crippen molar-refractivity contribution in [3.05, 3.63) is 57.5 Å². The molecule has 1 heterocycles. The second-order valence-electron chi connectivity index (χ2n) is 4.83. The first-order chi connectivity index (χ1) is 9.13. The van der Waals surface area contributed by atoms with Gasteiger partial charge in [-0.3, -0.25) is 0 Å². The number of nitrogens with one attached hydrogen (secondary N) is 1. The van der Waals surface area contributed by atoms with E-state index in [1.54, 1.807) is 6.26 Å². The Hall–Kier alpha value is -1.06. The van der Waals surface area contributed by atoms with E-state index in [-0.39, 0.29) is 6.04 Å². The predicted octanol–water partition coefficient (Wildman–Crippen LogP) is 4.55. The van der Waals surface area contributed by atoms with Gasteiger partial charge in [-0.05, 0) is 65.5 Å². The van der Waals surface area contributed by atoms with Gasteiger partial charge in [0, 0.05) is 11.6 Å². The standard InChI is InChI=1S/C16H20BrNO/c1-4-18-15(13-8-9-19-16(13)17)10-14-11(2)6-5-7-12(14)3/h5-9,15,18H,4,10H2,1-3H3. The highest BCUT2D eigenvalue weighted by atomic mass is 79.9. The minimum absolute atomic E-state index is 0.276. The lowest BCUT2D eigenvalue weighted by molar-refractivity contribution is 0.505. The van der Waals surface area contributed by atoms with Gasteiger partial charge in [0.2, 0.25) is 0 Å². The quantitative estimate of drug-likeness (QED) is 0.873. The summed E-state index contributed by atoms with van der Waals surface area (Å²) in [5, 5.41) is 3.54. The molecule has 0 aliphatic carbocycles. The first kappa shape index (κ1) is 14.4. The number of aryl methyl sites for hydroxylation is 2. The van der Waals surface area contributed by atoms with Crippen molar-refractivity contribution >= 4 is 15.9 Å². The zero-order valence-corrected chi connectivity index (χ0v) is 13.3. The first-order valence-corrected chi connectivity index (χ1v) is 7.44. The van der Waals surface area contributed by atoms with E-state index in [0.717, 1.165) is 17.6 Å². The summed E-state index contributed by atoms with van der Waals surface area (Å²) in [6.45, 7) is 7.42. The summed E-state index contributed by atoms with van der Waals surface area (Å²) in [6, 6.07) is 8.78. The lowest BCUT2D eigenvalue weighted by Crippen LogP contribution is -2.23. The summed E-state index contributed by atoms with van der Waals surface area (Å²) >= 11 is 3.48. The number of furan rings is 1. The molecule has 2 nitrogen and oxygen atoms in total. The molecule has 0 saturated heterocycles. The first-order valence-electron chi connectivity index (χ1n) is 6.64. The van der Waals surface area contributed by atoms with Gasteiger partial charge in [-0.2, -0.15) is 0 Å². The molecule has 0 radical (unpaired) electrons. The van der Waals surface area contributed by atoms with Crippen LogP contribution in [0.15, 0.2) is 39.6 Å². The molecule has 1 atom stereocenters. The van der Waals surface area contributed by atoms with Crippen molar-refractivity contribution in [2.24, 2.45) is 0 Å². The molecule has 0 aliphatic rings. The van der Waals surface area contributed by atoms with Gasteiger partial charge in [-0.1, -0.05) is 25.1 Å². The Morgan fingerprint density at radius 1 is 1.21 bits per heavy atom. The number of hydrogen-bond donors (Lipinski definition) is 1. The van der Waals surface area contributed by atoms with E-state index in [4.69, 9.17) is 4.42 Å². The van der Waals surface area contributed by atoms with E-state index in [1.807, 2.05) is 6.07 Å². The van der Waals surface area contributed by atoms with Crippen LogP contribution in [0.1, 0.15) is 35.2 Å². The maximum atomic E-state index is 5.37. The number of likely N-dealkylation sites (N-methyl/N-ethyl adjacent to an activating group) is 1. The van der Waals surface area contributed by atoms with Crippen LogP contribution in [0.5, 0.6) is 0 Å². The smallest absolute Gasteiger partial charge is 0.173 e. The fourth-order valence-corrected chi connectivity index (χ4v) is 2.98. The van der Waals surface area contributed by atoms with E-state index < -0.39 is 0 Å². The molecule has 2 rings (SSSR count). The molecule has 19 heavy (non-hydrogen) atoms. The minimum atomic E-state index is 0.276. The summed E-state index contributed by atoms with van der Waals surface area (Å²) in [5.41, 5.74) is 5.30. The molecule has 0 fully saturated rings. The van der Waals surface area contributed by atoms with Crippen LogP contribution in [-0.2, 0) is 6.42 Å². The maximum Gasteiger partial charge on any atom is 0.173 e. The molecule has 2 aromatic rings. The topological polar surface area (TPSA) is 25.2 Å². The highest BCUT2D eigenvalue weighted by Crippen LogP contribution is 2.29. The van der Waals surface area contributed by atoms with Gasteiger partial charge in [0.25, 0.3) is 0 Å². The largest absolute Gasteiger partial charge is 0.457 e. The van der Waals surface area contributed by atoms with Crippen molar-refractivity contribution in [1.29, 1.82) is 0 Å². The van der Waals surface area contributed by atoms with Crippen LogP contribution in [0, 0.1) is 13.8 Å². The minimum Gasteiger partial charge on any atom is -0.457 e. The van der Waals surface area contributed by atoms with Crippen molar-refractivity contribution in [3.63, 3.8) is 0 Å². The van der Waals surface area contributed by atoms with Crippen LogP contribution in [0.2, 0.25) is 0 Å². The number of rotatable bonds is 5. The van der Waals surface area contributed by atoms with E-state index in [2.05, 4.69) is 60.2 Å². The van der Waals surface area contributed by atoms with E-state index in [9.17, 15) is 0 Å². The van der Waals surface area contributed by atoms with Crippen LogP contribution < -0.4 is 5.32 Å². The lowest BCUT2D eigenvalue weighted by Gasteiger charge is -2.19. The van der Waals surface area contributed by atoms with Gasteiger partial charge in [0.15, 0.2) is 4.67 Å².